The fraction of sp³-hybridized carbons (Fsp3) is 0.226. The topological polar surface area (TPSA) is 145 Å². The van der Waals surface area contributed by atoms with Crippen LogP contribution in [-0.2, 0) is 16.6 Å². The van der Waals surface area contributed by atoms with E-state index in [0.717, 1.165) is 0 Å². The van der Waals surface area contributed by atoms with Gasteiger partial charge in [0.2, 0.25) is 6.41 Å². The highest BCUT2D eigenvalue weighted by Crippen LogP contribution is 2.39. The minimum atomic E-state index is -0.733. The van der Waals surface area contributed by atoms with Gasteiger partial charge in [0.05, 0.1) is 46.9 Å². The van der Waals surface area contributed by atoms with Crippen molar-refractivity contribution in [2.45, 2.75) is 33.3 Å². The molecule has 4 rings (SSSR count). The summed E-state index contributed by atoms with van der Waals surface area (Å²) in [5.74, 6) is -0.595. The van der Waals surface area contributed by atoms with Gasteiger partial charge < -0.3 is 10.1 Å². The summed E-state index contributed by atoms with van der Waals surface area (Å²) >= 11 is 0. The standard InChI is InChI=1S/C31H28FN7O3/c1-18-21(13-33)10-20(11-23(18)27(38-36-17-40)16-35-30(41)42-31(2,3)4)25-15-37-39(5)29(25)28-24(14-34)22-9-7-6-8-19(22)12-26(28)32/h6-12,15,17H,16H2,1-5H3,(H,35,41)(H,36,40)/b38-27-. The number of ether oxygens (including phenoxy) is 1. The number of nitrogens with zero attached hydrogens (tertiary/aromatic N) is 5. The molecule has 3 aromatic carbocycles. The molecule has 0 unspecified atom stereocenters. The highest BCUT2D eigenvalue weighted by atomic mass is 19.1. The Kier molecular flexibility index (Phi) is 8.34. The second kappa shape index (κ2) is 11.9. The van der Waals surface area contributed by atoms with Gasteiger partial charge in [0.1, 0.15) is 17.5 Å². The third-order valence-electron chi connectivity index (χ3n) is 6.49. The van der Waals surface area contributed by atoms with Crippen LogP contribution in [0.5, 0.6) is 0 Å². The van der Waals surface area contributed by atoms with Crippen LogP contribution in [0.15, 0.2) is 53.8 Å². The summed E-state index contributed by atoms with van der Waals surface area (Å²) in [6.07, 6.45) is 1.21. The van der Waals surface area contributed by atoms with Crippen LogP contribution in [-0.4, -0.2) is 40.1 Å². The number of nitriles is 2. The van der Waals surface area contributed by atoms with Gasteiger partial charge in [-0.1, -0.05) is 24.3 Å². The summed E-state index contributed by atoms with van der Waals surface area (Å²) < 4.78 is 22.5. The lowest BCUT2D eigenvalue weighted by molar-refractivity contribution is -0.109. The second-order valence-electron chi connectivity index (χ2n) is 10.4. The number of carbonyl (C=O) groups is 2. The number of fused-ring (bicyclic) bond motifs is 1. The average Bonchev–Trinajstić information content (AvgIpc) is 3.32. The first-order valence-corrected chi connectivity index (χ1v) is 12.9. The monoisotopic (exact) mass is 565 g/mol. The average molecular weight is 566 g/mol. The maximum absolute atomic E-state index is 15.7. The summed E-state index contributed by atoms with van der Waals surface area (Å²) in [7, 11) is 1.64. The Morgan fingerprint density at radius 2 is 1.93 bits per heavy atom. The molecule has 2 amide bonds. The molecule has 42 heavy (non-hydrogen) atoms. The van der Waals surface area contributed by atoms with Gasteiger partial charge in [-0.25, -0.2) is 14.6 Å². The van der Waals surface area contributed by atoms with Crippen LogP contribution in [0.2, 0.25) is 0 Å². The van der Waals surface area contributed by atoms with Crippen molar-refractivity contribution in [1.29, 1.82) is 10.5 Å². The molecule has 0 radical (unpaired) electrons. The molecule has 0 fully saturated rings. The Morgan fingerprint density at radius 1 is 1.19 bits per heavy atom. The van der Waals surface area contributed by atoms with Crippen LogP contribution in [0.4, 0.5) is 9.18 Å². The van der Waals surface area contributed by atoms with E-state index in [9.17, 15) is 20.1 Å². The van der Waals surface area contributed by atoms with Crippen LogP contribution in [0.25, 0.3) is 33.2 Å². The SMILES string of the molecule is Cc1c(C#N)cc(-c2cnn(C)c2-c2c(F)cc3ccccc3c2C#N)cc1/C(CNC(=O)OC(C)(C)C)=N\NC=O. The van der Waals surface area contributed by atoms with E-state index in [4.69, 9.17) is 4.74 Å². The Balaban J connectivity index is 1.90. The first-order valence-electron chi connectivity index (χ1n) is 12.9. The fourth-order valence-corrected chi connectivity index (χ4v) is 4.66. The lowest BCUT2D eigenvalue weighted by Crippen LogP contribution is -2.36. The number of rotatable bonds is 7. The molecule has 0 spiro atoms. The summed E-state index contributed by atoms with van der Waals surface area (Å²) in [5, 5.41) is 32.3. The predicted molar refractivity (Wildman–Crippen MR) is 156 cm³/mol. The largest absolute Gasteiger partial charge is 0.444 e. The number of halogens is 1. The third-order valence-corrected chi connectivity index (χ3v) is 6.49. The zero-order valence-electron chi connectivity index (χ0n) is 23.7. The maximum Gasteiger partial charge on any atom is 0.407 e. The van der Waals surface area contributed by atoms with Gasteiger partial charge in [-0.15, -0.1) is 0 Å². The Hall–Kier alpha value is -5.55. The van der Waals surface area contributed by atoms with Crippen molar-refractivity contribution in [2.24, 2.45) is 12.1 Å². The Morgan fingerprint density at radius 3 is 2.60 bits per heavy atom. The molecule has 0 aliphatic heterocycles. The third kappa shape index (κ3) is 5.96. The van der Waals surface area contributed by atoms with Crippen LogP contribution < -0.4 is 10.7 Å². The lowest BCUT2D eigenvalue weighted by Gasteiger charge is -2.20. The van der Waals surface area contributed by atoms with E-state index in [2.05, 4.69) is 33.1 Å². The van der Waals surface area contributed by atoms with Crippen LogP contribution >= 0.6 is 0 Å². The second-order valence-corrected chi connectivity index (χ2v) is 10.4. The molecule has 0 saturated heterocycles. The fourth-order valence-electron chi connectivity index (χ4n) is 4.66. The maximum atomic E-state index is 15.7. The molecule has 0 saturated carbocycles. The van der Waals surface area contributed by atoms with E-state index in [-0.39, 0.29) is 28.9 Å². The molecule has 212 valence electrons. The molecule has 4 aromatic rings. The summed E-state index contributed by atoms with van der Waals surface area (Å²) in [6.45, 7) is 6.75. The van der Waals surface area contributed by atoms with Crippen molar-refractivity contribution >= 4 is 29.0 Å². The minimum absolute atomic E-state index is 0.0786. The summed E-state index contributed by atoms with van der Waals surface area (Å²) in [4.78, 5) is 23.4. The van der Waals surface area contributed by atoms with E-state index in [1.807, 2.05) is 0 Å². The zero-order valence-corrected chi connectivity index (χ0v) is 23.7. The molecule has 0 aliphatic rings. The minimum Gasteiger partial charge on any atom is -0.444 e. The van der Waals surface area contributed by atoms with Crippen molar-refractivity contribution in [3.63, 3.8) is 0 Å². The first-order chi connectivity index (χ1) is 20.0. The number of benzene rings is 3. The summed E-state index contributed by atoms with van der Waals surface area (Å²) in [6, 6.07) is 16.1. The van der Waals surface area contributed by atoms with Gasteiger partial charge in [-0.2, -0.15) is 20.7 Å². The molecule has 1 aromatic heterocycles. The number of amides is 2. The van der Waals surface area contributed by atoms with Crippen molar-refractivity contribution in [3.05, 3.63) is 76.7 Å². The van der Waals surface area contributed by atoms with Gasteiger partial charge >= 0.3 is 6.09 Å². The Bertz CT molecular complexity index is 1820. The molecule has 1 heterocycles. The van der Waals surface area contributed by atoms with E-state index in [1.54, 1.807) is 71.1 Å². The van der Waals surface area contributed by atoms with E-state index in [0.29, 0.717) is 45.1 Å². The van der Waals surface area contributed by atoms with Gasteiger partial charge in [-0.3, -0.25) is 9.48 Å². The zero-order chi connectivity index (χ0) is 30.6. The van der Waals surface area contributed by atoms with Crippen molar-refractivity contribution in [1.82, 2.24) is 20.5 Å². The molecule has 10 nitrogen and oxygen atoms in total. The van der Waals surface area contributed by atoms with Crippen molar-refractivity contribution < 1.29 is 18.7 Å². The molecule has 0 aliphatic carbocycles. The van der Waals surface area contributed by atoms with Crippen LogP contribution in [0.3, 0.4) is 0 Å². The normalized spacial score (nSPS) is 11.5. The number of hydrogen-bond donors (Lipinski definition) is 2. The molecular formula is C31H28FN7O3. The summed E-state index contributed by atoms with van der Waals surface area (Å²) in [5.41, 5.74) is 4.56. The Labute approximate surface area is 242 Å². The van der Waals surface area contributed by atoms with Gasteiger partial charge in [0.25, 0.3) is 0 Å². The number of alkyl carbamates (subject to hydrolysis) is 1. The van der Waals surface area contributed by atoms with Crippen LogP contribution in [0, 0.1) is 35.4 Å². The van der Waals surface area contributed by atoms with E-state index in [1.165, 1.54) is 16.9 Å². The number of hydrogen-bond acceptors (Lipinski definition) is 7. The molecule has 0 bridgehead atoms. The highest BCUT2D eigenvalue weighted by Gasteiger charge is 2.24. The van der Waals surface area contributed by atoms with Crippen molar-refractivity contribution in [2.75, 3.05) is 6.54 Å². The number of hydrazone groups is 1. The highest BCUT2D eigenvalue weighted by molar-refractivity contribution is 6.06. The number of aromatic nitrogens is 2. The lowest BCUT2D eigenvalue weighted by atomic mass is 9.90. The number of aryl methyl sites for hydroxylation is 1. The number of nitrogens with one attached hydrogen (secondary N) is 2. The predicted octanol–water partition coefficient (Wildman–Crippen LogP) is 5.07. The number of carbonyl (C=O) groups excluding carboxylic acids is 2. The van der Waals surface area contributed by atoms with Gasteiger partial charge in [0, 0.05) is 23.6 Å². The van der Waals surface area contributed by atoms with Gasteiger partial charge in [0.15, 0.2) is 0 Å². The first kappa shape index (κ1) is 29.4. The molecule has 0 atom stereocenters. The van der Waals surface area contributed by atoms with Crippen molar-refractivity contribution in [3.8, 4) is 34.5 Å². The van der Waals surface area contributed by atoms with Gasteiger partial charge in [-0.05, 0) is 62.4 Å². The molecule has 11 heteroatoms. The smallest absolute Gasteiger partial charge is 0.407 e. The molecular weight excluding hydrogens is 537 g/mol. The van der Waals surface area contributed by atoms with Crippen LogP contribution in [0.1, 0.15) is 43.0 Å². The van der Waals surface area contributed by atoms with E-state index >= 15 is 4.39 Å². The quantitative estimate of drug-likeness (QED) is 0.182. The van der Waals surface area contributed by atoms with E-state index < -0.39 is 17.5 Å². The molecule has 2 N–H and O–H groups in total.